The normalized spacial score (nSPS) is 16.1. The molecule has 0 aliphatic carbocycles. The van der Waals surface area contributed by atoms with Crippen LogP contribution in [0.5, 0.6) is 0 Å². The number of hydrogen-bond acceptors (Lipinski definition) is 3. The predicted molar refractivity (Wildman–Crippen MR) is 153 cm³/mol. The minimum Gasteiger partial charge on any atom is -0.342 e. The summed E-state index contributed by atoms with van der Waals surface area (Å²) in [6.45, 7) is 7.26. The number of likely N-dealkylation sites (N-methyl/N-ethyl adjacent to an activating group) is 1. The van der Waals surface area contributed by atoms with Crippen LogP contribution >= 0.6 is 35.0 Å². The van der Waals surface area contributed by atoms with Gasteiger partial charge in [0.05, 0.1) is 20.6 Å². The minimum absolute atomic E-state index is 0.0205. The molecule has 0 unspecified atom stereocenters. The first kappa shape index (κ1) is 24.7. The van der Waals surface area contributed by atoms with Gasteiger partial charge in [-0.05, 0) is 79.6 Å². The fourth-order valence-electron chi connectivity index (χ4n) is 4.31. The summed E-state index contributed by atoms with van der Waals surface area (Å²) in [4.78, 5) is 20.6. The van der Waals surface area contributed by atoms with Gasteiger partial charge in [0.15, 0.2) is 5.17 Å². The fraction of sp³-hybridized carbons (Fsp3) is 0.172. The Balaban J connectivity index is 1.52. The number of rotatable bonds is 5. The Hall–Kier alpha value is -2.99. The van der Waals surface area contributed by atoms with Gasteiger partial charge >= 0.3 is 0 Å². The molecule has 1 amide bonds. The maximum absolute atomic E-state index is 13.3. The highest BCUT2D eigenvalue weighted by molar-refractivity contribution is 8.18. The first-order chi connectivity index (χ1) is 17.3. The highest BCUT2D eigenvalue weighted by atomic mass is 35.5. The van der Waals surface area contributed by atoms with E-state index in [4.69, 9.17) is 28.2 Å². The number of fused-ring (bicyclic) bond motifs is 1. The maximum Gasteiger partial charge on any atom is 0.266 e. The van der Waals surface area contributed by atoms with E-state index in [0.29, 0.717) is 33.2 Å². The Morgan fingerprint density at radius 3 is 2.58 bits per heavy atom. The van der Waals surface area contributed by atoms with Crippen LogP contribution in [0.15, 0.2) is 76.8 Å². The Morgan fingerprint density at radius 1 is 1.00 bits per heavy atom. The molecule has 0 radical (unpaired) electrons. The largest absolute Gasteiger partial charge is 0.342 e. The number of halogens is 2. The number of para-hydroxylation sites is 1. The monoisotopic (exact) mass is 533 g/mol. The number of hydrogen-bond donors (Lipinski definition) is 0. The standard InChI is InChI=1S/C29H25Cl2N3OS/c1-4-34-28(35)27(36-29(34)32-25-13-18(2)9-10-19(25)3)15-21-17-33(26-8-6-5-7-22(21)26)16-20-11-12-23(30)24(31)14-20/h5-15,17H,4,16H2,1-3H3/b27-15+,32-29?. The molecule has 0 N–H and O–H groups in total. The van der Waals surface area contributed by atoms with Crippen molar-refractivity contribution in [1.29, 1.82) is 0 Å². The molecule has 0 saturated carbocycles. The molecule has 1 aromatic heterocycles. The molecule has 1 aliphatic heterocycles. The second kappa shape index (κ2) is 10.2. The molecule has 0 atom stereocenters. The summed E-state index contributed by atoms with van der Waals surface area (Å²) >= 11 is 13.8. The van der Waals surface area contributed by atoms with Crippen molar-refractivity contribution in [3.8, 4) is 0 Å². The zero-order valence-corrected chi connectivity index (χ0v) is 22.6. The molecular formula is C29H25Cl2N3OS. The zero-order chi connectivity index (χ0) is 25.4. The lowest BCUT2D eigenvalue weighted by Gasteiger charge is -2.12. The van der Waals surface area contributed by atoms with E-state index >= 15 is 0 Å². The van der Waals surface area contributed by atoms with Crippen molar-refractivity contribution in [3.63, 3.8) is 0 Å². The van der Waals surface area contributed by atoms with Crippen LogP contribution in [0.2, 0.25) is 10.0 Å². The van der Waals surface area contributed by atoms with Gasteiger partial charge in [0, 0.05) is 35.8 Å². The van der Waals surface area contributed by atoms with Crippen LogP contribution in [0.3, 0.4) is 0 Å². The highest BCUT2D eigenvalue weighted by Gasteiger charge is 2.32. The van der Waals surface area contributed by atoms with Gasteiger partial charge in [-0.1, -0.05) is 59.6 Å². The molecular weight excluding hydrogens is 509 g/mol. The molecule has 2 heterocycles. The summed E-state index contributed by atoms with van der Waals surface area (Å²) < 4.78 is 2.17. The summed E-state index contributed by atoms with van der Waals surface area (Å²) in [5.41, 5.74) is 6.25. The lowest BCUT2D eigenvalue weighted by Crippen LogP contribution is -2.28. The number of thioether (sulfide) groups is 1. The molecule has 7 heteroatoms. The van der Waals surface area contributed by atoms with Crippen molar-refractivity contribution in [3.05, 3.63) is 104 Å². The Labute approximate surface area is 225 Å². The van der Waals surface area contributed by atoms with Gasteiger partial charge < -0.3 is 4.57 Å². The minimum atomic E-state index is -0.0205. The van der Waals surface area contributed by atoms with Crippen LogP contribution in [-0.4, -0.2) is 27.1 Å². The van der Waals surface area contributed by atoms with Gasteiger partial charge in [0.2, 0.25) is 0 Å². The number of carbonyl (C=O) groups excluding carboxylic acids is 1. The lowest BCUT2D eigenvalue weighted by molar-refractivity contribution is -0.122. The number of benzene rings is 3. The van der Waals surface area contributed by atoms with Crippen molar-refractivity contribution in [1.82, 2.24) is 9.47 Å². The average molecular weight is 535 g/mol. The zero-order valence-electron chi connectivity index (χ0n) is 20.3. The van der Waals surface area contributed by atoms with E-state index in [1.165, 1.54) is 11.8 Å². The predicted octanol–water partition coefficient (Wildman–Crippen LogP) is 8.24. The molecule has 5 rings (SSSR count). The summed E-state index contributed by atoms with van der Waals surface area (Å²) in [6.07, 6.45) is 4.07. The summed E-state index contributed by atoms with van der Waals surface area (Å²) in [5, 5.41) is 2.87. The molecule has 36 heavy (non-hydrogen) atoms. The third-order valence-electron chi connectivity index (χ3n) is 6.23. The van der Waals surface area contributed by atoms with Gasteiger partial charge in [0.25, 0.3) is 5.91 Å². The number of amides is 1. The first-order valence-electron chi connectivity index (χ1n) is 11.7. The van der Waals surface area contributed by atoms with Crippen molar-refractivity contribution >= 4 is 68.7 Å². The molecule has 3 aromatic carbocycles. The van der Waals surface area contributed by atoms with Gasteiger partial charge in [-0.2, -0.15) is 0 Å². The third kappa shape index (κ3) is 4.83. The van der Waals surface area contributed by atoms with Gasteiger partial charge in [-0.3, -0.25) is 9.69 Å². The first-order valence-corrected chi connectivity index (χ1v) is 13.3. The lowest BCUT2D eigenvalue weighted by atomic mass is 10.1. The molecule has 4 aromatic rings. The second-order valence-electron chi connectivity index (χ2n) is 8.82. The molecule has 0 bridgehead atoms. The summed E-state index contributed by atoms with van der Waals surface area (Å²) in [5.74, 6) is -0.0205. The van der Waals surface area contributed by atoms with E-state index in [9.17, 15) is 4.79 Å². The van der Waals surface area contributed by atoms with E-state index in [0.717, 1.165) is 38.8 Å². The highest BCUT2D eigenvalue weighted by Crippen LogP contribution is 2.36. The number of aromatic nitrogens is 1. The molecule has 4 nitrogen and oxygen atoms in total. The molecule has 1 saturated heterocycles. The topological polar surface area (TPSA) is 37.6 Å². The van der Waals surface area contributed by atoms with Crippen LogP contribution in [0.4, 0.5) is 5.69 Å². The van der Waals surface area contributed by atoms with Crippen LogP contribution in [0.1, 0.15) is 29.2 Å². The Morgan fingerprint density at radius 2 is 1.81 bits per heavy atom. The van der Waals surface area contributed by atoms with Crippen LogP contribution in [0, 0.1) is 13.8 Å². The molecule has 1 aliphatic rings. The number of amidine groups is 1. The van der Waals surface area contributed by atoms with Gasteiger partial charge in [0.1, 0.15) is 0 Å². The number of nitrogens with zero attached hydrogens (tertiary/aromatic N) is 3. The van der Waals surface area contributed by atoms with Crippen molar-refractivity contribution < 1.29 is 4.79 Å². The Bertz CT molecular complexity index is 1550. The molecule has 0 spiro atoms. The number of aliphatic imine (C=N–C) groups is 1. The molecule has 182 valence electrons. The summed E-state index contributed by atoms with van der Waals surface area (Å²) in [7, 11) is 0. The van der Waals surface area contributed by atoms with Gasteiger partial charge in [-0.15, -0.1) is 0 Å². The van der Waals surface area contributed by atoms with E-state index in [1.54, 1.807) is 4.90 Å². The Kier molecular flexibility index (Phi) is 6.98. The average Bonchev–Trinajstić information content (AvgIpc) is 3.35. The quantitative estimate of drug-likeness (QED) is 0.242. The van der Waals surface area contributed by atoms with E-state index in [2.05, 4.69) is 41.1 Å². The smallest absolute Gasteiger partial charge is 0.266 e. The van der Waals surface area contributed by atoms with E-state index < -0.39 is 0 Å². The fourth-order valence-corrected chi connectivity index (χ4v) is 5.68. The second-order valence-corrected chi connectivity index (χ2v) is 10.6. The van der Waals surface area contributed by atoms with Crippen molar-refractivity contribution in [2.24, 2.45) is 4.99 Å². The maximum atomic E-state index is 13.3. The number of carbonyl (C=O) groups is 1. The van der Waals surface area contributed by atoms with Crippen molar-refractivity contribution in [2.45, 2.75) is 27.3 Å². The van der Waals surface area contributed by atoms with E-state index in [-0.39, 0.29) is 5.91 Å². The number of aryl methyl sites for hydroxylation is 2. The van der Waals surface area contributed by atoms with Crippen LogP contribution < -0.4 is 0 Å². The van der Waals surface area contributed by atoms with Crippen LogP contribution in [0.25, 0.3) is 17.0 Å². The molecule has 1 fully saturated rings. The van der Waals surface area contributed by atoms with Crippen LogP contribution in [-0.2, 0) is 11.3 Å². The van der Waals surface area contributed by atoms with Gasteiger partial charge in [-0.25, -0.2) is 4.99 Å². The SMILES string of the molecule is CCN1C(=O)/C(=C\c2cn(Cc3ccc(Cl)c(Cl)c3)c3ccccc23)SC1=Nc1cc(C)ccc1C. The van der Waals surface area contributed by atoms with E-state index in [1.807, 2.05) is 57.2 Å². The third-order valence-corrected chi connectivity index (χ3v) is 7.97. The summed E-state index contributed by atoms with van der Waals surface area (Å²) in [6, 6.07) is 20.1. The van der Waals surface area contributed by atoms with Crippen molar-refractivity contribution in [2.75, 3.05) is 6.54 Å².